The molecule has 0 radical (unpaired) electrons. The van der Waals surface area contributed by atoms with Crippen molar-refractivity contribution in [2.45, 2.75) is 44.2 Å². The molecule has 0 saturated carbocycles. The zero-order valence-electron chi connectivity index (χ0n) is 11.4. The van der Waals surface area contributed by atoms with Gasteiger partial charge in [0.05, 0.1) is 0 Å². The van der Waals surface area contributed by atoms with E-state index in [4.69, 9.17) is 4.74 Å². The van der Waals surface area contributed by atoms with Gasteiger partial charge in [0.25, 0.3) is 0 Å². The number of likely N-dealkylation sites (tertiary alicyclic amines) is 1. The van der Waals surface area contributed by atoms with E-state index < -0.39 is 0 Å². The van der Waals surface area contributed by atoms with Gasteiger partial charge in [-0.15, -0.1) is 0 Å². The maximum atomic E-state index is 11.8. The molecule has 2 saturated heterocycles. The zero-order valence-corrected chi connectivity index (χ0v) is 11.4. The first-order chi connectivity index (χ1) is 9.24. The number of esters is 1. The lowest BCUT2D eigenvalue weighted by Gasteiger charge is -2.34. The lowest BCUT2D eigenvalue weighted by molar-refractivity contribution is -0.145. The molecule has 102 valence electrons. The van der Waals surface area contributed by atoms with Gasteiger partial charge in [0.2, 0.25) is 0 Å². The third kappa shape index (κ3) is 2.66. The van der Waals surface area contributed by atoms with Crippen molar-refractivity contribution >= 4 is 5.97 Å². The van der Waals surface area contributed by atoms with Crippen LogP contribution in [0.2, 0.25) is 0 Å². The minimum Gasteiger partial charge on any atom is -0.461 e. The Kier molecular flexibility index (Phi) is 3.56. The van der Waals surface area contributed by atoms with E-state index >= 15 is 0 Å². The van der Waals surface area contributed by atoms with Gasteiger partial charge in [-0.05, 0) is 44.3 Å². The average Bonchev–Trinajstić information content (AvgIpc) is 2.79. The molecule has 1 aromatic carbocycles. The number of piperidine rings is 1. The van der Waals surface area contributed by atoms with Crippen LogP contribution in [-0.2, 0) is 9.53 Å². The highest BCUT2D eigenvalue weighted by molar-refractivity contribution is 5.78. The second-order valence-corrected chi connectivity index (χ2v) is 5.72. The Morgan fingerprint density at radius 1 is 1.16 bits per heavy atom. The number of cyclic esters (lactones) is 1. The van der Waals surface area contributed by atoms with Gasteiger partial charge in [-0.1, -0.05) is 30.3 Å². The van der Waals surface area contributed by atoms with Crippen molar-refractivity contribution in [3.05, 3.63) is 35.9 Å². The van der Waals surface area contributed by atoms with E-state index in [0.29, 0.717) is 5.92 Å². The molecule has 3 heteroatoms. The fourth-order valence-electron chi connectivity index (χ4n) is 3.30. The molecule has 0 N–H and O–H groups in total. The topological polar surface area (TPSA) is 29.5 Å². The van der Waals surface area contributed by atoms with E-state index in [-0.39, 0.29) is 18.1 Å². The van der Waals surface area contributed by atoms with Crippen LogP contribution in [0.4, 0.5) is 0 Å². The summed E-state index contributed by atoms with van der Waals surface area (Å²) in [5.74, 6) is 0.623. The number of carbonyl (C=O) groups is 1. The molecule has 3 nitrogen and oxygen atoms in total. The monoisotopic (exact) mass is 259 g/mol. The molecular weight excluding hydrogens is 238 g/mol. The van der Waals surface area contributed by atoms with Gasteiger partial charge >= 0.3 is 5.97 Å². The van der Waals surface area contributed by atoms with Crippen molar-refractivity contribution in [1.82, 2.24) is 4.90 Å². The largest absolute Gasteiger partial charge is 0.461 e. The molecule has 2 heterocycles. The van der Waals surface area contributed by atoms with E-state index in [9.17, 15) is 4.79 Å². The van der Waals surface area contributed by atoms with Gasteiger partial charge in [-0.2, -0.15) is 0 Å². The van der Waals surface area contributed by atoms with E-state index in [2.05, 4.69) is 35.2 Å². The summed E-state index contributed by atoms with van der Waals surface area (Å²) >= 11 is 0. The van der Waals surface area contributed by atoms with Crippen LogP contribution in [-0.4, -0.2) is 36.1 Å². The van der Waals surface area contributed by atoms with Crippen LogP contribution in [0, 0.1) is 0 Å². The first kappa shape index (κ1) is 12.7. The van der Waals surface area contributed by atoms with Crippen LogP contribution < -0.4 is 0 Å². The number of carbonyl (C=O) groups excluding carboxylic acids is 1. The van der Waals surface area contributed by atoms with E-state index in [1.807, 2.05) is 6.92 Å². The van der Waals surface area contributed by atoms with Crippen LogP contribution in [0.25, 0.3) is 0 Å². The summed E-state index contributed by atoms with van der Waals surface area (Å²) in [6.07, 6.45) is 3.23. The molecule has 0 unspecified atom stereocenters. The molecule has 1 aromatic rings. The molecular formula is C16H21NO2. The van der Waals surface area contributed by atoms with E-state index in [0.717, 1.165) is 32.4 Å². The number of rotatable bonds is 2. The highest BCUT2D eigenvalue weighted by Gasteiger charge is 2.37. The van der Waals surface area contributed by atoms with Crippen molar-refractivity contribution in [3.8, 4) is 0 Å². The summed E-state index contributed by atoms with van der Waals surface area (Å²) in [7, 11) is 0. The van der Waals surface area contributed by atoms with E-state index in [1.54, 1.807) is 0 Å². The second kappa shape index (κ2) is 5.33. The molecule has 19 heavy (non-hydrogen) atoms. The predicted octanol–water partition coefficient (Wildman–Crippen LogP) is 2.57. The van der Waals surface area contributed by atoms with Crippen molar-refractivity contribution in [3.63, 3.8) is 0 Å². The average molecular weight is 259 g/mol. The molecule has 0 bridgehead atoms. The van der Waals surface area contributed by atoms with Gasteiger partial charge in [0.15, 0.2) is 0 Å². The minimum absolute atomic E-state index is 0.00623. The number of benzene rings is 1. The summed E-state index contributed by atoms with van der Waals surface area (Å²) < 4.78 is 5.26. The van der Waals surface area contributed by atoms with Crippen LogP contribution >= 0.6 is 0 Å². The maximum absolute atomic E-state index is 11.8. The Hall–Kier alpha value is -1.35. The Bertz CT molecular complexity index is 437. The Morgan fingerprint density at radius 2 is 1.84 bits per heavy atom. The lowest BCUT2D eigenvalue weighted by atomic mass is 9.89. The highest BCUT2D eigenvalue weighted by atomic mass is 16.6. The number of ether oxygens (including phenoxy) is 1. The third-order valence-electron chi connectivity index (χ3n) is 4.39. The van der Waals surface area contributed by atoms with Crippen molar-refractivity contribution in [2.75, 3.05) is 13.1 Å². The summed E-state index contributed by atoms with van der Waals surface area (Å²) in [6.45, 7) is 3.99. The molecule has 0 aromatic heterocycles. The van der Waals surface area contributed by atoms with Crippen molar-refractivity contribution in [2.24, 2.45) is 0 Å². The first-order valence-corrected chi connectivity index (χ1v) is 7.23. The fraction of sp³-hybridized carbons (Fsp3) is 0.562. The quantitative estimate of drug-likeness (QED) is 0.765. The normalized spacial score (nSPS) is 29.4. The Balaban J connectivity index is 1.59. The predicted molar refractivity (Wildman–Crippen MR) is 73.9 cm³/mol. The molecule has 2 aliphatic rings. The van der Waals surface area contributed by atoms with Crippen LogP contribution in [0.3, 0.4) is 0 Å². The molecule has 0 spiro atoms. The van der Waals surface area contributed by atoms with Gasteiger partial charge in [-0.3, -0.25) is 9.69 Å². The summed E-state index contributed by atoms with van der Waals surface area (Å²) in [4.78, 5) is 14.1. The Labute approximate surface area is 114 Å². The van der Waals surface area contributed by atoms with Crippen LogP contribution in [0.15, 0.2) is 30.3 Å². The Morgan fingerprint density at radius 3 is 2.42 bits per heavy atom. The summed E-state index contributed by atoms with van der Waals surface area (Å²) in [6, 6.07) is 10.7. The van der Waals surface area contributed by atoms with E-state index in [1.165, 1.54) is 5.56 Å². The standard InChI is InChI=1S/C16H21NO2/c1-12-11-15(16(18)19-12)17-9-7-14(8-10-17)13-5-3-2-4-6-13/h2-6,12,14-15H,7-11H2,1H3/t12-,15+/m0/s1. The second-order valence-electron chi connectivity index (χ2n) is 5.72. The van der Waals surface area contributed by atoms with Crippen LogP contribution in [0.1, 0.15) is 37.7 Å². The van der Waals surface area contributed by atoms with Gasteiger partial charge in [-0.25, -0.2) is 0 Å². The summed E-state index contributed by atoms with van der Waals surface area (Å²) in [5, 5.41) is 0. The first-order valence-electron chi connectivity index (χ1n) is 7.23. The molecule has 3 rings (SSSR count). The molecule has 0 aliphatic carbocycles. The minimum atomic E-state index is -0.0225. The smallest absolute Gasteiger partial charge is 0.323 e. The van der Waals surface area contributed by atoms with Gasteiger partial charge in [0.1, 0.15) is 12.1 Å². The van der Waals surface area contributed by atoms with Crippen LogP contribution in [0.5, 0.6) is 0 Å². The molecule has 2 aliphatic heterocycles. The molecule has 0 amide bonds. The third-order valence-corrected chi connectivity index (χ3v) is 4.39. The zero-order chi connectivity index (χ0) is 13.2. The van der Waals surface area contributed by atoms with Crippen molar-refractivity contribution < 1.29 is 9.53 Å². The number of hydrogen-bond acceptors (Lipinski definition) is 3. The van der Waals surface area contributed by atoms with Gasteiger partial charge in [0, 0.05) is 6.42 Å². The van der Waals surface area contributed by atoms with Gasteiger partial charge < -0.3 is 4.74 Å². The lowest BCUT2D eigenvalue weighted by Crippen LogP contribution is -2.43. The van der Waals surface area contributed by atoms with Crippen molar-refractivity contribution in [1.29, 1.82) is 0 Å². The maximum Gasteiger partial charge on any atom is 0.323 e. The number of nitrogens with zero attached hydrogens (tertiary/aromatic N) is 1. The summed E-state index contributed by atoms with van der Waals surface area (Å²) in [5.41, 5.74) is 1.43. The fourth-order valence-corrected chi connectivity index (χ4v) is 3.30. The number of hydrogen-bond donors (Lipinski definition) is 0. The molecule has 2 fully saturated rings. The molecule has 2 atom stereocenters. The highest BCUT2D eigenvalue weighted by Crippen LogP contribution is 2.31. The SMILES string of the molecule is C[C@H]1C[C@@H](N2CCC(c3ccccc3)CC2)C(=O)O1.